The van der Waals surface area contributed by atoms with Crippen LogP contribution in [0.25, 0.3) is 0 Å². The number of furan rings is 1. The molecule has 2 amide bonds. The van der Waals surface area contributed by atoms with Crippen molar-refractivity contribution in [2.75, 3.05) is 13.1 Å². The molecule has 2 aliphatic heterocycles. The Morgan fingerprint density at radius 3 is 2.57 bits per heavy atom. The van der Waals surface area contributed by atoms with Crippen molar-refractivity contribution in [2.45, 2.75) is 58.4 Å². The first-order valence-corrected chi connectivity index (χ1v) is 8.23. The number of amides is 2. The summed E-state index contributed by atoms with van der Waals surface area (Å²) in [7, 11) is 0. The third-order valence-electron chi connectivity index (χ3n) is 4.47. The SMILES string of the molecule is Cc1ccc(CN2C(=O)CC[C@H]2C(=O)N2C[C@@H](C)O[C@@H](C)C2)o1. The molecular weight excluding hydrogens is 296 g/mol. The van der Waals surface area contributed by atoms with Crippen LogP contribution in [0.4, 0.5) is 0 Å². The van der Waals surface area contributed by atoms with Crippen molar-refractivity contribution in [3.8, 4) is 0 Å². The fourth-order valence-electron chi connectivity index (χ4n) is 3.50. The van der Waals surface area contributed by atoms with Gasteiger partial charge < -0.3 is 19.0 Å². The normalized spacial score (nSPS) is 28.5. The second kappa shape index (κ2) is 6.35. The average molecular weight is 320 g/mol. The van der Waals surface area contributed by atoms with Gasteiger partial charge in [-0.25, -0.2) is 0 Å². The molecule has 0 N–H and O–H groups in total. The van der Waals surface area contributed by atoms with Crippen molar-refractivity contribution in [3.63, 3.8) is 0 Å². The first-order chi connectivity index (χ1) is 10.9. The summed E-state index contributed by atoms with van der Waals surface area (Å²) in [6.45, 7) is 7.34. The monoisotopic (exact) mass is 320 g/mol. The van der Waals surface area contributed by atoms with E-state index in [4.69, 9.17) is 9.15 Å². The number of hydrogen-bond donors (Lipinski definition) is 0. The molecule has 1 aromatic rings. The quantitative estimate of drug-likeness (QED) is 0.850. The number of morpholine rings is 1. The van der Waals surface area contributed by atoms with E-state index in [1.165, 1.54) is 0 Å². The zero-order chi connectivity index (χ0) is 16.6. The van der Waals surface area contributed by atoms with E-state index in [1.54, 1.807) is 4.90 Å². The van der Waals surface area contributed by atoms with Gasteiger partial charge in [-0.2, -0.15) is 0 Å². The molecule has 1 aromatic heterocycles. The molecule has 0 saturated carbocycles. The second-order valence-electron chi connectivity index (χ2n) is 6.59. The predicted octanol–water partition coefficient (Wildman–Crippen LogP) is 1.71. The lowest BCUT2D eigenvalue weighted by Gasteiger charge is -2.38. The summed E-state index contributed by atoms with van der Waals surface area (Å²) in [4.78, 5) is 28.6. The van der Waals surface area contributed by atoms with E-state index in [9.17, 15) is 9.59 Å². The van der Waals surface area contributed by atoms with Gasteiger partial charge in [0.15, 0.2) is 0 Å². The fourth-order valence-corrected chi connectivity index (χ4v) is 3.50. The number of ether oxygens (including phenoxy) is 1. The number of likely N-dealkylation sites (tertiary alicyclic amines) is 1. The van der Waals surface area contributed by atoms with Crippen LogP contribution in [0.1, 0.15) is 38.2 Å². The zero-order valence-electron chi connectivity index (χ0n) is 13.9. The maximum atomic E-state index is 12.9. The van der Waals surface area contributed by atoms with Crippen LogP contribution in [0, 0.1) is 6.92 Å². The third kappa shape index (κ3) is 3.42. The lowest BCUT2D eigenvalue weighted by molar-refractivity contribution is -0.150. The van der Waals surface area contributed by atoms with Crippen molar-refractivity contribution >= 4 is 11.8 Å². The Morgan fingerprint density at radius 2 is 1.96 bits per heavy atom. The van der Waals surface area contributed by atoms with E-state index in [1.807, 2.05) is 37.8 Å². The topological polar surface area (TPSA) is 63.0 Å². The largest absolute Gasteiger partial charge is 0.464 e. The molecule has 0 unspecified atom stereocenters. The maximum absolute atomic E-state index is 12.9. The number of hydrogen-bond acceptors (Lipinski definition) is 4. The Balaban J connectivity index is 1.72. The molecule has 0 aliphatic carbocycles. The van der Waals surface area contributed by atoms with Crippen LogP contribution in [0.3, 0.4) is 0 Å². The molecule has 3 heterocycles. The second-order valence-corrected chi connectivity index (χ2v) is 6.59. The number of rotatable bonds is 3. The van der Waals surface area contributed by atoms with Gasteiger partial charge in [-0.1, -0.05) is 0 Å². The minimum Gasteiger partial charge on any atom is -0.464 e. The summed E-state index contributed by atoms with van der Waals surface area (Å²) in [6, 6.07) is 3.35. The minimum atomic E-state index is -0.384. The molecule has 0 spiro atoms. The van der Waals surface area contributed by atoms with Gasteiger partial charge in [-0.3, -0.25) is 9.59 Å². The molecule has 3 rings (SSSR count). The van der Waals surface area contributed by atoms with E-state index in [0.29, 0.717) is 32.5 Å². The zero-order valence-corrected chi connectivity index (χ0v) is 13.9. The van der Waals surface area contributed by atoms with Crippen LogP contribution < -0.4 is 0 Å². The average Bonchev–Trinajstić information content (AvgIpc) is 3.05. The summed E-state index contributed by atoms with van der Waals surface area (Å²) < 4.78 is 11.2. The lowest BCUT2D eigenvalue weighted by Crippen LogP contribution is -2.54. The lowest BCUT2D eigenvalue weighted by atomic mass is 10.1. The van der Waals surface area contributed by atoms with E-state index in [2.05, 4.69) is 0 Å². The van der Waals surface area contributed by atoms with Crippen molar-refractivity contribution in [1.82, 2.24) is 9.80 Å². The van der Waals surface area contributed by atoms with Gasteiger partial charge in [0.25, 0.3) is 0 Å². The first-order valence-electron chi connectivity index (χ1n) is 8.23. The van der Waals surface area contributed by atoms with Gasteiger partial charge in [0.05, 0.1) is 18.8 Å². The number of carbonyl (C=O) groups is 2. The van der Waals surface area contributed by atoms with Crippen molar-refractivity contribution in [3.05, 3.63) is 23.7 Å². The summed E-state index contributed by atoms with van der Waals surface area (Å²) in [5, 5.41) is 0. The van der Waals surface area contributed by atoms with Crippen LogP contribution in [0.5, 0.6) is 0 Å². The first kappa shape index (κ1) is 16.1. The van der Waals surface area contributed by atoms with Crippen LogP contribution in [-0.4, -0.2) is 53.0 Å². The Hall–Kier alpha value is -1.82. The summed E-state index contributed by atoms with van der Waals surface area (Å²) in [6.07, 6.45) is 1.06. The van der Waals surface area contributed by atoms with Crippen molar-refractivity contribution < 1.29 is 18.7 Å². The predicted molar refractivity (Wildman–Crippen MR) is 83.6 cm³/mol. The van der Waals surface area contributed by atoms with Crippen LogP contribution in [-0.2, 0) is 20.9 Å². The molecule has 2 aliphatic rings. The minimum absolute atomic E-state index is 0.0201. The molecule has 0 aromatic carbocycles. The molecule has 6 nitrogen and oxygen atoms in total. The van der Waals surface area contributed by atoms with Gasteiger partial charge in [-0.15, -0.1) is 0 Å². The highest BCUT2D eigenvalue weighted by Crippen LogP contribution is 2.25. The smallest absolute Gasteiger partial charge is 0.245 e. The fraction of sp³-hybridized carbons (Fsp3) is 0.647. The Morgan fingerprint density at radius 1 is 1.26 bits per heavy atom. The molecule has 6 heteroatoms. The summed E-state index contributed by atoms with van der Waals surface area (Å²) in [5.41, 5.74) is 0. The molecule has 23 heavy (non-hydrogen) atoms. The number of carbonyl (C=O) groups excluding carboxylic acids is 2. The van der Waals surface area contributed by atoms with Crippen LogP contribution in [0.15, 0.2) is 16.5 Å². The molecule has 0 bridgehead atoms. The Labute approximate surface area is 136 Å². The molecule has 2 saturated heterocycles. The summed E-state index contributed by atoms with van der Waals surface area (Å²) >= 11 is 0. The highest BCUT2D eigenvalue weighted by Gasteiger charge is 2.40. The van der Waals surface area contributed by atoms with Gasteiger partial charge >= 0.3 is 0 Å². The highest BCUT2D eigenvalue weighted by atomic mass is 16.5. The summed E-state index contributed by atoms with van der Waals surface area (Å²) in [5.74, 6) is 1.58. The van der Waals surface area contributed by atoms with Crippen LogP contribution >= 0.6 is 0 Å². The standard InChI is InChI=1S/C17H24N2O4/c1-11-4-5-14(23-11)10-19-15(6-7-16(19)20)17(21)18-8-12(2)22-13(3)9-18/h4-5,12-13,15H,6-10H2,1-3H3/t12-,13+,15-/m0/s1. The molecule has 3 atom stereocenters. The third-order valence-corrected chi connectivity index (χ3v) is 4.47. The van der Waals surface area contributed by atoms with Gasteiger partial charge in [0.1, 0.15) is 17.6 Å². The number of nitrogens with zero attached hydrogens (tertiary/aromatic N) is 2. The maximum Gasteiger partial charge on any atom is 0.245 e. The Kier molecular flexibility index (Phi) is 4.43. The molecule has 126 valence electrons. The van der Waals surface area contributed by atoms with Crippen LogP contribution in [0.2, 0.25) is 0 Å². The van der Waals surface area contributed by atoms with E-state index < -0.39 is 0 Å². The van der Waals surface area contributed by atoms with Gasteiger partial charge in [0.2, 0.25) is 11.8 Å². The van der Waals surface area contributed by atoms with Gasteiger partial charge in [-0.05, 0) is 39.3 Å². The van der Waals surface area contributed by atoms with E-state index >= 15 is 0 Å². The molecular formula is C17H24N2O4. The van der Waals surface area contributed by atoms with Crippen molar-refractivity contribution in [1.29, 1.82) is 0 Å². The van der Waals surface area contributed by atoms with Crippen molar-refractivity contribution in [2.24, 2.45) is 0 Å². The highest BCUT2D eigenvalue weighted by molar-refractivity contribution is 5.91. The van der Waals surface area contributed by atoms with E-state index in [-0.39, 0.29) is 30.1 Å². The Bertz CT molecular complexity index is 587. The van der Waals surface area contributed by atoms with Gasteiger partial charge in [0, 0.05) is 19.5 Å². The van der Waals surface area contributed by atoms with E-state index in [0.717, 1.165) is 11.5 Å². The molecule has 0 radical (unpaired) electrons. The number of aryl methyl sites for hydroxylation is 1. The molecule has 2 fully saturated rings.